The summed E-state index contributed by atoms with van der Waals surface area (Å²) in [6, 6.07) is 27.6. The van der Waals surface area contributed by atoms with E-state index < -0.39 is 53.9 Å². The van der Waals surface area contributed by atoms with Crippen LogP contribution < -0.4 is 15.9 Å². The number of nitrogens with zero attached hydrogens (tertiary/aromatic N) is 1. The number of ketones is 1. The van der Waals surface area contributed by atoms with E-state index in [2.05, 4.69) is 0 Å². The van der Waals surface area contributed by atoms with Gasteiger partial charge in [0.2, 0.25) is 18.5 Å². The van der Waals surface area contributed by atoms with Gasteiger partial charge in [-0.15, -0.1) is 0 Å². The monoisotopic (exact) mass is 593 g/mol. The van der Waals surface area contributed by atoms with Crippen molar-refractivity contribution in [1.82, 2.24) is 4.90 Å². The molecule has 0 aliphatic carbocycles. The first-order chi connectivity index (χ1) is 19.7. The molecule has 212 valence electrons. The molecule has 9 nitrogen and oxygen atoms in total. The number of aliphatic hydroxyl groups excluding tert-OH is 1. The van der Waals surface area contributed by atoms with Gasteiger partial charge in [-0.3, -0.25) is 24.1 Å². The molecular weight excluding hydrogens is 565 g/mol. The maximum atomic E-state index is 14.1. The van der Waals surface area contributed by atoms with Gasteiger partial charge < -0.3 is 14.6 Å². The minimum absolute atomic E-state index is 0.0284. The van der Waals surface area contributed by atoms with Crippen molar-refractivity contribution < 1.29 is 38.6 Å². The van der Waals surface area contributed by atoms with Crippen molar-refractivity contribution in [1.29, 1.82) is 0 Å². The van der Waals surface area contributed by atoms with Crippen LogP contribution in [0.15, 0.2) is 91.0 Å². The van der Waals surface area contributed by atoms with E-state index in [0.29, 0.717) is 11.8 Å². The maximum Gasteiger partial charge on any atom is 0.358 e. The molecule has 1 amide bonds. The van der Waals surface area contributed by atoms with Crippen LogP contribution in [0.3, 0.4) is 0 Å². The van der Waals surface area contributed by atoms with Crippen LogP contribution >= 0.6 is 18.6 Å². The molecule has 0 bridgehead atoms. The number of esters is 2. The molecule has 4 rings (SSSR count). The SMILES string of the molecule is CC(=O)OCOC(=O)C(N1C(=O)C[C@@H]1SC(=O)C(=O)C(C)O)=P(c1ccccc1)(c1ccccc1)c1ccccc1. The van der Waals surface area contributed by atoms with E-state index >= 15 is 0 Å². The molecule has 1 heterocycles. The third kappa shape index (κ3) is 6.20. The molecule has 1 saturated heterocycles. The standard InChI is InChI=1S/C30H28NO8PS/c1-20(32)27(35)30(37)41-26-18-25(34)31(26)28(29(36)39-19-38-21(2)33)40(22-12-6-3-7-13-22,23-14-8-4-9-15-23)24-16-10-5-11-17-24/h3-17,20,26,32H,18-19H2,1-2H3/t20?,26-/m0/s1. The number of thioether (sulfide) groups is 1. The summed E-state index contributed by atoms with van der Waals surface area (Å²) in [5, 5.41) is 9.99. The normalized spacial score (nSPS) is 15.3. The lowest BCUT2D eigenvalue weighted by Crippen LogP contribution is -2.59. The largest absolute Gasteiger partial charge is 0.428 e. The molecule has 0 aromatic heterocycles. The summed E-state index contributed by atoms with van der Waals surface area (Å²) in [6.07, 6.45) is -1.64. The molecule has 1 aliphatic rings. The fraction of sp³-hybridized carbons (Fsp3) is 0.200. The molecule has 1 N–H and O–H groups in total. The molecular formula is C30H28NO8PS. The Bertz CT molecular complexity index is 1410. The van der Waals surface area contributed by atoms with Crippen LogP contribution in [0.2, 0.25) is 0 Å². The number of ether oxygens (including phenoxy) is 2. The molecule has 11 heteroatoms. The number of amides is 1. The third-order valence-corrected chi connectivity index (χ3v) is 11.7. The third-order valence-electron chi connectivity index (χ3n) is 6.34. The summed E-state index contributed by atoms with van der Waals surface area (Å²) in [4.78, 5) is 65.0. The molecule has 0 spiro atoms. The quantitative estimate of drug-likeness (QED) is 0.123. The Hall–Kier alpha value is -3.98. The Morgan fingerprint density at radius 1 is 0.878 bits per heavy atom. The minimum atomic E-state index is -3.22. The Morgan fingerprint density at radius 2 is 1.34 bits per heavy atom. The fourth-order valence-electron chi connectivity index (χ4n) is 4.48. The topological polar surface area (TPSA) is 127 Å². The Labute approximate surface area is 241 Å². The van der Waals surface area contributed by atoms with Gasteiger partial charge in [0.25, 0.3) is 5.12 Å². The summed E-state index contributed by atoms with van der Waals surface area (Å²) in [7, 11) is 0. The highest BCUT2D eigenvalue weighted by Crippen LogP contribution is 2.49. The average Bonchev–Trinajstić information content (AvgIpc) is 2.97. The zero-order valence-corrected chi connectivity index (χ0v) is 24.0. The van der Waals surface area contributed by atoms with Gasteiger partial charge in [0.1, 0.15) is 11.5 Å². The van der Waals surface area contributed by atoms with Crippen LogP contribution in [0.4, 0.5) is 0 Å². The zero-order chi connectivity index (χ0) is 29.6. The number of Topliss-reactive ketones (excluding diaryl/α,β-unsaturated/α-hetero) is 1. The zero-order valence-electron chi connectivity index (χ0n) is 22.3. The van der Waals surface area contributed by atoms with Crippen LogP contribution in [0.1, 0.15) is 20.3 Å². The number of hydrogen-bond donors (Lipinski definition) is 1. The van der Waals surface area contributed by atoms with E-state index in [9.17, 15) is 29.1 Å². The molecule has 0 saturated carbocycles. The van der Waals surface area contributed by atoms with Crippen molar-refractivity contribution in [2.45, 2.75) is 31.7 Å². The number of carbonyl (C=O) groups excluding carboxylic acids is 5. The highest BCUT2D eigenvalue weighted by molar-refractivity contribution is 8.16. The van der Waals surface area contributed by atoms with Gasteiger partial charge in [-0.2, -0.15) is 0 Å². The van der Waals surface area contributed by atoms with Crippen molar-refractivity contribution in [3.63, 3.8) is 0 Å². The Morgan fingerprint density at radius 3 is 1.73 bits per heavy atom. The first kappa shape index (κ1) is 30.0. The van der Waals surface area contributed by atoms with Crippen molar-refractivity contribution in [2.24, 2.45) is 0 Å². The van der Waals surface area contributed by atoms with Crippen molar-refractivity contribution in [3.8, 4) is 0 Å². The lowest BCUT2D eigenvalue weighted by atomic mass is 10.2. The second kappa shape index (κ2) is 13.1. The van der Waals surface area contributed by atoms with Crippen molar-refractivity contribution >= 4 is 68.7 Å². The van der Waals surface area contributed by atoms with Crippen LogP contribution in [-0.2, 0) is 33.4 Å². The summed E-state index contributed by atoms with van der Waals surface area (Å²) in [5.74, 6) is -3.04. The van der Waals surface area contributed by atoms with Gasteiger partial charge in [0.05, 0.1) is 11.8 Å². The van der Waals surface area contributed by atoms with E-state index in [1.54, 1.807) is 0 Å². The summed E-state index contributed by atoms with van der Waals surface area (Å²) in [5.41, 5.74) is -0.0284. The number of likely N-dealkylation sites (tertiary alicyclic amines) is 1. The highest BCUT2D eigenvalue weighted by Gasteiger charge is 2.48. The first-order valence-electron chi connectivity index (χ1n) is 12.7. The average molecular weight is 594 g/mol. The number of aliphatic hydroxyl groups is 1. The molecule has 3 aromatic rings. The van der Waals surface area contributed by atoms with Crippen LogP contribution in [-0.4, -0.2) is 62.4 Å². The van der Waals surface area contributed by atoms with E-state index in [4.69, 9.17) is 9.47 Å². The predicted octanol–water partition coefficient (Wildman–Crippen LogP) is 1.94. The van der Waals surface area contributed by atoms with E-state index in [-0.39, 0.29) is 11.8 Å². The van der Waals surface area contributed by atoms with Crippen LogP contribution in [0.25, 0.3) is 0 Å². The molecule has 41 heavy (non-hydrogen) atoms. The first-order valence-corrected chi connectivity index (χ1v) is 15.3. The number of benzene rings is 3. The lowest BCUT2D eigenvalue weighted by molar-refractivity contribution is -0.162. The molecule has 1 fully saturated rings. The smallest absolute Gasteiger partial charge is 0.358 e. The van der Waals surface area contributed by atoms with E-state index in [1.807, 2.05) is 91.0 Å². The number of carbonyl (C=O) groups is 5. The van der Waals surface area contributed by atoms with E-state index in [1.165, 1.54) is 18.7 Å². The minimum Gasteiger partial charge on any atom is -0.428 e. The molecule has 2 atom stereocenters. The second-order valence-corrected chi connectivity index (χ2v) is 13.5. The Kier molecular flexibility index (Phi) is 9.60. The maximum absolute atomic E-state index is 14.1. The van der Waals surface area contributed by atoms with Crippen LogP contribution in [0, 0.1) is 0 Å². The highest BCUT2D eigenvalue weighted by atomic mass is 32.2. The van der Waals surface area contributed by atoms with Gasteiger partial charge in [-0.05, 0) is 22.8 Å². The van der Waals surface area contributed by atoms with Gasteiger partial charge in [0, 0.05) is 13.8 Å². The lowest BCUT2D eigenvalue weighted by Gasteiger charge is -2.44. The Balaban J connectivity index is 2.07. The van der Waals surface area contributed by atoms with Gasteiger partial charge in [-0.1, -0.05) is 103 Å². The van der Waals surface area contributed by atoms with Crippen LogP contribution in [0.5, 0.6) is 0 Å². The predicted molar refractivity (Wildman–Crippen MR) is 157 cm³/mol. The summed E-state index contributed by atoms with van der Waals surface area (Å²) >= 11 is 0.571. The fourth-order valence-corrected chi connectivity index (χ4v) is 10.0. The summed E-state index contributed by atoms with van der Waals surface area (Å²) < 4.78 is 10.3. The van der Waals surface area contributed by atoms with Gasteiger partial charge in [-0.25, -0.2) is 4.79 Å². The molecule has 1 unspecified atom stereocenters. The molecule has 0 radical (unpaired) electrons. The molecule has 3 aromatic carbocycles. The summed E-state index contributed by atoms with van der Waals surface area (Å²) in [6.45, 7) is -1.55. The van der Waals surface area contributed by atoms with Crippen molar-refractivity contribution in [2.75, 3.05) is 6.79 Å². The number of rotatable bonds is 10. The molecule has 1 aliphatic heterocycles. The van der Waals surface area contributed by atoms with Gasteiger partial charge >= 0.3 is 11.9 Å². The van der Waals surface area contributed by atoms with Crippen molar-refractivity contribution in [3.05, 3.63) is 91.0 Å². The number of β-lactam (4-membered cyclic amide) rings is 1. The second-order valence-electron chi connectivity index (χ2n) is 9.05. The number of hydrogen-bond acceptors (Lipinski definition) is 9. The van der Waals surface area contributed by atoms with E-state index in [0.717, 1.165) is 15.9 Å². The van der Waals surface area contributed by atoms with Gasteiger partial charge in [0.15, 0.2) is 0 Å².